The standard InChI is InChI=1S/C11H19N3O4S/c1-8-11(12)9(2)14(13-8)7-10(15)18-5-4-6-19(3,16)17/h4-7,12H2,1-3H3. The van der Waals surface area contributed by atoms with Gasteiger partial charge in [0.15, 0.2) is 0 Å². The third kappa shape index (κ3) is 4.90. The molecule has 0 unspecified atom stereocenters. The molecule has 0 saturated heterocycles. The maximum absolute atomic E-state index is 11.5. The normalized spacial score (nSPS) is 11.5. The van der Waals surface area contributed by atoms with Crippen molar-refractivity contribution in [2.45, 2.75) is 26.8 Å². The lowest BCUT2D eigenvalue weighted by Crippen LogP contribution is -2.17. The molecule has 0 aliphatic carbocycles. The van der Waals surface area contributed by atoms with Crippen LogP contribution in [0.2, 0.25) is 0 Å². The Labute approximate surface area is 112 Å². The summed E-state index contributed by atoms with van der Waals surface area (Å²) < 4.78 is 28.2. The summed E-state index contributed by atoms with van der Waals surface area (Å²) in [7, 11) is -3.02. The topological polar surface area (TPSA) is 104 Å². The first-order valence-corrected chi connectivity index (χ1v) is 7.89. The monoisotopic (exact) mass is 289 g/mol. The Hall–Kier alpha value is -1.57. The number of ether oxygens (including phenoxy) is 1. The van der Waals surface area contributed by atoms with Gasteiger partial charge in [0.1, 0.15) is 16.4 Å². The summed E-state index contributed by atoms with van der Waals surface area (Å²) in [6.45, 7) is 3.59. The van der Waals surface area contributed by atoms with Crippen molar-refractivity contribution in [1.29, 1.82) is 0 Å². The number of aromatic nitrogens is 2. The number of hydrogen-bond acceptors (Lipinski definition) is 6. The molecule has 8 heteroatoms. The SMILES string of the molecule is Cc1nn(CC(=O)OCCCS(C)(=O)=O)c(C)c1N. The van der Waals surface area contributed by atoms with Gasteiger partial charge in [-0.15, -0.1) is 0 Å². The van der Waals surface area contributed by atoms with E-state index in [-0.39, 0.29) is 18.9 Å². The second-order valence-corrected chi connectivity index (χ2v) is 6.71. The minimum Gasteiger partial charge on any atom is -0.464 e. The Balaban J connectivity index is 2.41. The second-order valence-electron chi connectivity index (χ2n) is 4.45. The van der Waals surface area contributed by atoms with E-state index in [2.05, 4.69) is 5.10 Å². The molecule has 0 atom stereocenters. The number of nitrogens with zero attached hydrogens (tertiary/aromatic N) is 2. The molecule has 19 heavy (non-hydrogen) atoms. The third-order valence-corrected chi connectivity index (χ3v) is 3.67. The minimum absolute atomic E-state index is 0.00708. The van der Waals surface area contributed by atoms with E-state index < -0.39 is 15.8 Å². The summed E-state index contributed by atoms with van der Waals surface area (Å²) in [5.41, 5.74) is 7.69. The highest BCUT2D eigenvalue weighted by Crippen LogP contribution is 2.14. The Bertz CT molecular complexity index is 563. The van der Waals surface area contributed by atoms with Crippen LogP contribution in [0.15, 0.2) is 0 Å². The molecule has 0 aliphatic heterocycles. The van der Waals surface area contributed by atoms with Crippen molar-refractivity contribution < 1.29 is 17.9 Å². The maximum atomic E-state index is 11.5. The fourth-order valence-electron chi connectivity index (χ4n) is 1.54. The summed E-state index contributed by atoms with van der Waals surface area (Å²) in [5.74, 6) is -0.452. The first-order valence-electron chi connectivity index (χ1n) is 5.83. The van der Waals surface area contributed by atoms with Crippen molar-refractivity contribution in [3.63, 3.8) is 0 Å². The van der Waals surface area contributed by atoms with Gasteiger partial charge >= 0.3 is 5.97 Å². The van der Waals surface area contributed by atoms with Crippen molar-refractivity contribution in [1.82, 2.24) is 9.78 Å². The fourth-order valence-corrected chi connectivity index (χ4v) is 2.18. The number of hydrogen-bond donors (Lipinski definition) is 1. The average molecular weight is 289 g/mol. The van der Waals surface area contributed by atoms with Crippen molar-refractivity contribution in [2.75, 3.05) is 24.3 Å². The molecule has 0 amide bonds. The van der Waals surface area contributed by atoms with Gasteiger partial charge in [-0.3, -0.25) is 9.48 Å². The fraction of sp³-hybridized carbons (Fsp3) is 0.636. The molecule has 0 aromatic carbocycles. The highest BCUT2D eigenvalue weighted by molar-refractivity contribution is 7.90. The zero-order chi connectivity index (χ0) is 14.6. The molecule has 0 aliphatic rings. The molecule has 1 aromatic heterocycles. The van der Waals surface area contributed by atoms with Gasteiger partial charge in [-0.1, -0.05) is 0 Å². The van der Waals surface area contributed by atoms with Crippen LogP contribution >= 0.6 is 0 Å². The molecule has 7 nitrogen and oxygen atoms in total. The van der Waals surface area contributed by atoms with Crippen molar-refractivity contribution in [3.05, 3.63) is 11.4 Å². The lowest BCUT2D eigenvalue weighted by Gasteiger charge is -2.06. The van der Waals surface area contributed by atoms with Gasteiger partial charge in [0.2, 0.25) is 0 Å². The molecule has 2 N–H and O–H groups in total. The van der Waals surface area contributed by atoms with Gasteiger partial charge in [0.05, 0.1) is 29.4 Å². The molecular formula is C11H19N3O4S. The van der Waals surface area contributed by atoms with Crippen molar-refractivity contribution in [3.8, 4) is 0 Å². The van der Waals surface area contributed by atoms with E-state index >= 15 is 0 Å². The van der Waals surface area contributed by atoms with Gasteiger partial charge in [-0.05, 0) is 20.3 Å². The van der Waals surface area contributed by atoms with E-state index in [1.54, 1.807) is 13.8 Å². The average Bonchev–Trinajstić information content (AvgIpc) is 2.51. The van der Waals surface area contributed by atoms with Gasteiger partial charge in [0.25, 0.3) is 0 Å². The van der Waals surface area contributed by atoms with E-state index in [0.717, 1.165) is 6.26 Å². The molecule has 0 radical (unpaired) electrons. The summed E-state index contributed by atoms with van der Waals surface area (Å²) in [4.78, 5) is 11.5. The Morgan fingerprint density at radius 1 is 1.42 bits per heavy atom. The molecule has 0 bridgehead atoms. The van der Waals surface area contributed by atoms with Crippen LogP contribution in [0.1, 0.15) is 17.8 Å². The van der Waals surface area contributed by atoms with E-state index in [1.807, 2.05) is 0 Å². The lowest BCUT2D eigenvalue weighted by atomic mass is 10.3. The molecule has 108 valence electrons. The second kappa shape index (κ2) is 6.05. The number of aryl methyl sites for hydroxylation is 1. The number of carbonyl (C=O) groups is 1. The molecule has 0 saturated carbocycles. The summed E-state index contributed by atoms with van der Waals surface area (Å²) in [5, 5.41) is 4.11. The quantitative estimate of drug-likeness (QED) is 0.586. The minimum atomic E-state index is -3.02. The molecule has 0 fully saturated rings. The predicted octanol–water partition coefficient (Wildman–Crippen LogP) is 0.0600. The van der Waals surface area contributed by atoms with E-state index in [1.165, 1.54) is 4.68 Å². The number of sulfone groups is 1. The lowest BCUT2D eigenvalue weighted by molar-refractivity contribution is -0.144. The van der Waals surface area contributed by atoms with Crippen molar-refractivity contribution >= 4 is 21.5 Å². The van der Waals surface area contributed by atoms with Crippen LogP contribution in [0.25, 0.3) is 0 Å². The molecule has 1 rings (SSSR count). The Morgan fingerprint density at radius 3 is 2.53 bits per heavy atom. The van der Waals surface area contributed by atoms with Gasteiger partial charge in [-0.2, -0.15) is 5.10 Å². The van der Waals surface area contributed by atoms with Crippen LogP contribution < -0.4 is 5.73 Å². The summed E-state index contributed by atoms with van der Waals surface area (Å²) in [6, 6.07) is 0. The first-order chi connectivity index (χ1) is 8.70. The molecule has 0 spiro atoms. The highest BCUT2D eigenvalue weighted by atomic mass is 32.2. The number of carbonyl (C=O) groups excluding carboxylic acids is 1. The number of nitrogens with two attached hydrogens (primary N) is 1. The molecule has 1 heterocycles. The third-order valence-electron chi connectivity index (χ3n) is 2.64. The molecular weight excluding hydrogens is 270 g/mol. The van der Waals surface area contributed by atoms with Gasteiger partial charge in [-0.25, -0.2) is 8.42 Å². The van der Waals surface area contributed by atoms with E-state index in [4.69, 9.17) is 10.5 Å². The maximum Gasteiger partial charge on any atom is 0.327 e. The largest absolute Gasteiger partial charge is 0.464 e. The predicted molar refractivity (Wildman–Crippen MR) is 71.4 cm³/mol. The zero-order valence-electron chi connectivity index (χ0n) is 11.3. The van der Waals surface area contributed by atoms with Crippen LogP contribution in [0, 0.1) is 13.8 Å². The van der Waals surface area contributed by atoms with Crippen LogP contribution in [0.3, 0.4) is 0 Å². The van der Waals surface area contributed by atoms with Gasteiger partial charge < -0.3 is 10.5 Å². The Morgan fingerprint density at radius 2 is 2.05 bits per heavy atom. The van der Waals surface area contributed by atoms with Gasteiger partial charge in [0, 0.05) is 6.26 Å². The smallest absolute Gasteiger partial charge is 0.327 e. The summed E-state index contributed by atoms with van der Waals surface area (Å²) >= 11 is 0. The first kappa shape index (κ1) is 15.5. The zero-order valence-corrected chi connectivity index (χ0v) is 12.2. The van der Waals surface area contributed by atoms with Crippen LogP contribution in [-0.2, 0) is 25.9 Å². The number of esters is 1. The van der Waals surface area contributed by atoms with Crippen LogP contribution in [-0.4, -0.2) is 42.8 Å². The summed E-state index contributed by atoms with van der Waals surface area (Å²) in [6.07, 6.45) is 1.44. The number of nitrogen functional groups attached to an aromatic ring is 1. The molecule has 1 aromatic rings. The van der Waals surface area contributed by atoms with Crippen LogP contribution in [0.4, 0.5) is 5.69 Å². The Kier molecular flexibility index (Phi) is 4.93. The van der Waals surface area contributed by atoms with E-state index in [9.17, 15) is 13.2 Å². The van der Waals surface area contributed by atoms with Crippen molar-refractivity contribution in [2.24, 2.45) is 0 Å². The highest BCUT2D eigenvalue weighted by Gasteiger charge is 2.12. The number of rotatable bonds is 6. The number of anilines is 1. The van der Waals surface area contributed by atoms with E-state index in [0.29, 0.717) is 23.5 Å². The van der Waals surface area contributed by atoms with Crippen LogP contribution in [0.5, 0.6) is 0 Å².